The number of likely N-dealkylation sites (N-methyl/N-ethyl adjacent to an activating group) is 1. The van der Waals surface area contributed by atoms with E-state index < -0.39 is 6.10 Å². The van der Waals surface area contributed by atoms with Gasteiger partial charge in [-0.25, -0.2) is 0 Å². The van der Waals surface area contributed by atoms with Crippen LogP contribution in [0.1, 0.15) is 6.92 Å². The predicted molar refractivity (Wildman–Crippen MR) is 51.9 cm³/mol. The topological polar surface area (TPSA) is 61.8 Å². The molecule has 1 saturated heterocycles. The number of aliphatic hydroxyl groups is 1. The highest BCUT2D eigenvalue weighted by Crippen LogP contribution is 2.06. The molecule has 0 aromatic heterocycles. The second-order valence-corrected chi connectivity index (χ2v) is 3.51. The summed E-state index contributed by atoms with van der Waals surface area (Å²) < 4.78 is 4.82. The number of carbonyl (C=O) groups excluding carboxylic acids is 1. The summed E-state index contributed by atoms with van der Waals surface area (Å²) in [5.41, 5.74) is 0. The molecular weight excluding hydrogens is 184 g/mol. The Bertz CT molecular complexity index is 198. The summed E-state index contributed by atoms with van der Waals surface area (Å²) in [4.78, 5) is 13.0. The fourth-order valence-corrected chi connectivity index (χ4v) is 1.63. The van der Waals surface area contributed by atoms with Gasteiger partial charge in [-0.15, -0.1) is 0 Å². The van der Waals surface area contributed by atoms with E-state index in [1.54, 1.807) is 6.92 Å². The van der Waals surface area contributed by atoms with Crippen molar-refractivity contribution in [2.75, 3.05) is 33.3 Å². The van der Waals surface area contributed by atoms with E-state index in [4.69, 9.17) is 4.74 Å². The smallest absolute Gasteiger partial charge is 0.320 e. The quantitative estimate of drug-likeness (QED) is 0.562. The number of carbonyl (C=O) groups is 1. The van der Waals surface area contributed by atoms with Crippen molar-refractivity contribution in [1.82, 2.24) is 10.2 Å². The van der Waals surface area contributed by atoms with Crippen LogP contribution in [0.4, 0.5) is 0 Å². The Morgan fingerprint density at radius 1 is 1.64 bits per heavy atom. The van der Waals surface area contributed by atoms with Gasteiger partial charge < -0.3 is 15.2 Å². The highest BCUT2D eigenvalue weighted by molar-refractivity contribution is 5.71. The molecule has 2 atom stereocenters. The number of ether oxygens (including phenoxy) is 1. The van der Waals surface area contributed by atoms with Crippen LogP contribution >= 0.6 is 0 Å². The van der Waals surface area contributed by atoms with E-state index in [1.165, 1.54) is 0 Å². The maximum absolute atomic E-state index is 11.2. The third kappa shape index (κ3) is 2.94. The van der Waals surface area contributed by atoms with Crippen LogP contribution in [0.25, 0.3) is 0 Å². The van der Waals surface area contributed by atoms with Crippen molar-refractivity contribution >= 4 is 5.97 Å². The van der Waals surface area contributed by atoms with Crippen molar-refractivity contribution < 1.29 is 14.6 Å². The lowest BCUT2D eigenvalue weighted by atomic mass is 10.2. The van der Waals surface area contributed by atoms with Gasteiger partial charge in [0.25, 0.3) is 0 Å². The van der Waals surface area contributed by atoms with Crippen LogP contribution in [0, 0.1) is 0 Å². The van der Waals surface area contributed by atoms with E-state index in [0.29, 0.717) is 13.2 Å². The van der Waals surface area contributed by atoms with Crippen molar-refractivity contribution in [3.8, 4) is 0 Å². The standard InChI is InChI=1S/C9H18N2O3/c1-3-14-9(13)6-11(2)7-4-10-5-8(7)12/h7-8,10,12H,3-6H2,1-2H3/t7-,8-/m1/s1. The van der Waals surface area contributed by atoms with E-state index in [0.717, 1.165) is 6.54 Å². The second-order valence-electron chi connectivity index (χ2n) is 3.51. The third-order valence-corrected chi connectivity index (χ3v) is 2.40. The SMILES string of the molecule is CCOC(=O)CN(C)[C@@H]1CNC[C@H]1O. The average Bonchev–Trinajstić information content (AvgIpc) is 2.51. The molecule has 0 amide bonds. The first-order valence-electron chi connectivity index (χ1n) is 4.89. The minimum absolute atomic E-state index is 0.0133. The molecule has 0 aromatic carbocycles. The molecular formula is C9H18N2O3. The Morgan fingerprint density at radius 2 is 2.36 bits per heavy atom. The molecule has 5 heteroatoms. The minimum atomic E-state index is -0.394. The van der Waals surface area contributed by atoms with Crippen molar-refractivity contribution in [3.05, 3.63) is 0 Å². The number of hydrogen-bond donors (Lipinski definition) is 2. The first kappa shape index (κ1) is 11.4. The number of nitrogens with one attached hydrogen (secondary N) is 1. The third-order valence-electron chi connectivity index (χ3n) is 2.40. The molecule has 0 bridgehead atoms. The molecule has 82 valence electrons. The zero-order valence-corrected chi connectivity index (χ0v) is 8.69. The first-order valence-corrected chi connectivity index (χ1v) is 4.89. The van der Waals surface area contributed by atoms with Gasteiger partial charge in [-0.2, -0.15) is 0 Å². The minimum Gasteiger partial charge on any atom is -0.465 e. The molecule has 1 heterocycles. The summed E-state index contributed by atoms with van der Waals surface area (Å²) in [7, 11) is 1.82. The summed E-state index contributed by atoms with van der Waals surface area (Å²) >= 11 is 0. The summed E-state index contributed by atoms with van der Waals surface area (Å²) in [6.45, 7) is 3.73. The molecule has 1 fully saturated rings. The van der Waals surface area contributed by atoms with E-state index in [9.17, 15) is 9.90 Å². The largest absolute Gasteiger partial charge is 0.465 e. The highest BCUT2D eigenvalue weighted by atomic mass is 16.5. The molecule has 14 heavy (non-hydrogen) atoms. The van der Waals surface area contributed by atoms with Gasteiger partial charge in [-0.05, 0) is 14.0 Å². The van der Waals surface area contributed by atoms with Gasteiger partial charge in [-0.3, -0.25) is 9.69 Å². The van der Waals surface area contributed by atoms with Gasteiger partial charge in [0.1, 0.15) is 0 Å². The summed E-state index contributed by atoms with van der Waals surface area (Å²) in [6, 6.07) is 0.0133. The fraction of sp³-hybridized carbons (Fsp3) is 0.889. The maximum Gasteiger partial charge on any atom is 0.320 e. The fourth-order valence-electron chi connectivity index (χ4n) is 1.63. The van der Waals surface area contributed by atoms with Crippen LogP contribution in [-0.4, -0.2) is 61.4 Å². The number of rotatable bonds is 4. The monoisotopic (exact) mass is 202 g/mol. The molecule has 0 radical (unpaired) electrons. The molecule has 0 spiro atoms. The van der Waals surface area contributed by atoms with Crippen molar-refractivity contribution in [2.45, 2.75) is 19.1 Å². The molecule has 0 saturated carbocycles. The van der Waals surface area contributed by atoms with Crippen molar-refractivity contribution in [3.63, 3.8) is 0 Å². The summed E-state index contributed by atoms with van der Waals surface area (Å²) in [6.07, 6.45) is -0.394. The number of nitrogens with zero attached hydrogens (tertiary/aromatic N) is 1. The molecule has 5 nitrogen and oxygen atoms in total. The molecule has 1 aliphatic rings. The number of esters is 1. The molecule has 0 aromatic rings. The Morgan fingerprint density at radius 3 is 2.86 bits per heavy atom. The van der Waals surface area contributed by atoms with Gasteiger partial charge >= 0.3 is 5.97 Å². The summed E-state index contributed by atoms with van der Waals surface area (Å²) in [5.74, 6) is -0.242. The van der Waals surface area contributed by atoms with Crippen LogP contribution in [0.5, 0.6) is 0 Å². The highest BCUT2D eigenvalue weighted by Gasteiger charge is 2.29. The first-order chi connectivity index (χ1) is 6.65. The van der Waals surface area contributed by atoms with Gasteiger partial charge in [0.15, 0.2) is 0 Å². The van der Waals surface area contributed by atoms with Crippen LogP contribution in [-0.2, 0) is 9.53 Å². The van der Waals surface area contributed by atoms with Gasteiger partial charge in [-0.1, -0.05) is 0 Å². The Labute approximate surface area is 84.0 Å². The normalized spacial score (nSPS) is 26.9. The van der Waals surface area contributed by atoms with Crippen molar-refractivity contribution in [2.24, 2.45) is 0 Å². The number of hydrogen-bond acceptors (Lipinski definition) is 5. The molecule has 1 aliphatic heterocycles. The second kappa shape index (κ2) is 5.29. The van der Waals surface area contributed by atoms with Crippen LogP contribution in [0.2, 0.25) is 0 Å². The predicted octanol–water partition coefficient (Wildman–Crippen LogP) is -1.19. The number of aliphatic hydroxyl groups excluding tert-OH is 1. The molecule has 0 aliphatic carbocycles. The summed E-state index contributed by atoms with van der Waals surface area (Å²) in [5, 5.41) is 12.6. The number of β-amino-alcohol motifs (C(OH)–C–C–N with tert-alkyl or cyclic N) is 1. The van der Waals surface area contributed by atoms with Crippen molar-refractivity contribution in [1.29, 1.82) is 0 Å². The van der Waals surface area contributed by atoms with Gasteiger partial charge in [0, 0.05) is 19.1 Å². The average molecular weight is 202 g/mol. The van der Waals surface area contributed by atoms with Crippen LogP contribution < -0.4 is 5.32 Å². The lowest BCUT2D eigenvalue weighted by molar-refractivity contribution is -0.144. The van der Waals surface area contributed by atoms with E-state index in [1.807, 2.05) is 11.9 Å². The Hall–Kier alpha value is -0.650. The molecule has 0 unspecified atom stereocenters. The Balaban J connectivity index is 2.33. The van der Waals surface area contributed by atoms with E-state index >= 15 is 0 Å². The van der Waals surface area contributed by atoms with Gasteiger partial charge in [0.2, 0.25) is 0 Å². The van der Waals surface area contributed by atoms with E-state index in [-0.39, 0.29) is 18.6 Å². The molecule has 1 rings (SSSR count). The lowest BCUT2D eigenvalue weighted by Gasteiger charge is -2.24. The zero-order chi connectivity index (χ0) is 10.6. The zero-order valence-electron chi connectivity index (χ0n) is 8.69. The lowest BCUT2D eigenvalue weighted by Crippen LogP contribution is -2.43. The maximum atomic E-state index is 11.2. The van der Waals surface area contributed by atoms with Crippen LogP contribution in [0.15, 0.2) is 0 Å². The molecule has 2 N–H and O–H groups in total. The van der Waals surface area contributed by atoms with Crippen LogP contribution in [0.3, 0.4) is 0 Å². The van der Waals surface area contributed by atoms with E-state index in [2.05, 4.69) is 5.32 Å². The Kier molecular flexibility index (Phi) is 4.31. The van der Waals surface area contributed by atoms with Gasteiger partial charge in [0.05, 0.1) is 19.3 Å².